The van der Waals surface area contributed by atoms with Gasteiger partial charge in [0, 0.05) is 0 Å². The molecule has 3 saturated carbocycles. The Balaban J connectivity index is 2.38. The molecule has 1 unspecified atom stereocenters. The first kappa shape index (κ1) is 29.9. The second-order valence-electron chi connectivity index (χ2n) is 14.8. The van der Waals surface area contributed by atoms with Gasteiger partial charge in [-0.1, -0.05) is 112 Å². The highest BCUT2D eigenvalue weighted by Crippen LogP contribution is 2.75. The summed E-state index contributed by atoms with van der Waals surface area (Å²) in [5, 5.41) is 11.5. The van der Waals surface area contributed by atoms with Crippen molar-refractivity contribution in [3.05, 3.63) is 0 Å². The Morgan fingerprint density at radius 1 is 0.686 bits per heavy atom. The number of rotatable bonds is 8. The van der Waals surface area contributed by atoms with Gasteiger partial charge in [0.25, 0.3) is 0 Å². The molecule has 0 amide bonds. The third-order valence-corrected chi connectivity index (χ3v) is 30.6. The molecular weight excluding hydrogens is 457 g/mol. The molecule has 0 heterocycles. The smallest absolute Gasteiger partial charge is 0.0596 e. The van der Waals surface area contributed by atoms with E-state index in [0.29, 0.717) is 16.0 Å². The van der Waals surface area contributed by atoms with Crippen LogP contribution in [0.4, 0.5) is 0 Å². The van der Waals surface area contributed by atoms with Crippen molar-refractivity contribution in [2.75, 3.05) is 0 Å². The minimum absolute atomic E-state index is 0.0913. The molecular formula is C32H64OSi2. The number of aliphatic hydroxyl groups is 1. The maximum atomic E-state index is 11.5. The summed E-state index contributed by atoms with van der Waals surface area (Å²) in [5.74, 6) is 3.95. The molecule has 0 radical (unpaired) electrons. The van der Waals surface area contributed by atoms with Gasteiger partial charge in [-0.05, 0) is 83.6 Å². The van der Waals surface area contributed by atoms with E-state index < -0.39 is 16.1 Å². The van der Waals surface area contributed by atoms with E-state index >= 15 is 0 Å². The van der Waals surface area contributed by atoms with Crippen LogP contribution < -0.4 is 0 Å². The number of aliphatic hydroxyl groups excluding tert-OH is 1. The second-order valence-corrected chi connectivity index (χ2v) is 26.4. The normalized spacial score (nSPS) is 39.4. The summed E-state index contributed by atoms with van der Waals surface area (Å²) in [4.78, 5) is 0. The lowest BCUT2D eigenvalue weighted by Gasteiger charge is -2.72. The maximum Gasteiger partial charge on any atom is 0.0596 e. The van der Waals surface area contributed by atoms with Crippen molar-refractivity contribution in [2.45, 2.75) is 162 Å². The van der Waals surface area contributed by atoms with Crippen LogP contribution in [0.1, 0.15) is 115 Å². The molecule has 0 aromatic carbocycles. The Kier molecular flexibility index (Phi) is 9.00. The zero-order valence-corrected chi connectivity index (χ0v) is 27.9. The molecule has 0 aliphatic heterocycles. The molecule has 3 heteroatoms. The van der Waals surface area contributed by atoms with Crippen LogP contribution in [-0.4, -0.2) is 27.4 Å². The molecule has 1 N–H and O–H groups in total. The summed E-state index contributed by atoms with van der Waals surface area (Å²) >= 11 is 0. The van der Waals surface area contributed by atoms with E-state index in [4.69, 9.17) is 0 Å². The number of fused-ring (bicyclic) bond motifs is 3. The molecule has 0 saturated heterocycles. The molecule has 0 spiro atoms. The van der Waals surface area contributed by atoms with Crippen LogP contribution >= 0.6 is 0 Å². The van der Waals surface area contributed by atoms with Crippen molar-refractivity contribution >= 4 is 16.1 Å². The summed E-state index contributed by atoms with van der Waals surface area (Å²) in [6, 6.07) is 8.91. The van der Waals surface area contributed by atoms with E-state index in [-0.39, 0.29) is 11.5 Å². The van der Waals surface area contributed by atoms with Gasteiger partial charge in [0.1, 0.15) is 0 Å². The Bertz CT molecular complexity index is 672. The van der Waals surface area contributed by atoms with Crippen molar-refractivity contribution in [3.8, 4) is 0 Å². The van der Waals surface area contributed by atoms with Crippen molar-refractivity contribution < 1.29 is 5.11 Å². The van der Waals surface area contributed by atoms with E-state index in [9.17, 15) is 5.11 Å². The molecule has 3 aliphatic rings. The summed E-state index contributed by atoms with van der Waals surface area (Å²) < 4.78 is 0.635. The third-order valence-electron chi connectivity index (χ3n) is 14.4. The molecule has 1 nitrogen and oxygen atoms in total. The van der Waals surface area contributed by atoms with Gasteiger partial charge in [-0.25, -0.2) is 0 Å². The third kappa shape index (κ3) is 4.05. The van der Waals surface area contributed by atoms with Crippen molar-refractivity contribution in [1.29, 1.82) is 0 Å². The zero-order valence-electron chi connectivity index (χ0n) is 25.9. The highest BCUT2D eigenvalue weighted by atomic mass is 28.4. The quantitative estimate of drug-likeness (QED) is 0.315. The average molecular weight is 521 g/mol. The van der Waals surface area contributed by atoms with Gasteiger partial charge in [0.15, 0.2) is 0 Å². The van der Waals surface area contributed by atoms with E-state index in [2.05, 4.69) is 76.2 Å². The number of hydrogen-bond acceptors (Lipinski definition) is 1. The fraction of sp³-hybridized carbons (Fsp3) is 1.00. The predicted molar refractivity (Wildman–Crippen MR) is 161 cm³/mol. The minimum Gasteiger partial charge on any atom is -0.393 e. The molecule has 0 aromatic heterocycles. The molecule has 35 heavy (non-hydrogen) atoms. The monoisotopic (exact) mass is 520 g/mol. The molecule has 206 valence electrons. The van der Waals surface area contributed by atoms with Gasteiger partial charge in [0.05, 0.1) is 22.3 Å². The van der Waals surface area contributed by atoms with E-state index in [1.807, 2.05) is 0 Å². The predicted octanol–water partition coefficient (Wildman–Crippen LogP) is 10.2. The minimum atomic E-state index is -1.54. The molecule has 3 rings (SSSR count). The highest BCUT2D eigenvalue weighted by molar-refractivity contribution is 7.01. The molecule has 2 bridgehead atoms. The Morgan fingerprint density at radius 2 is 1.17 bits per heavy atom. The SMILES string of the molecule is CC[Si](CC)(CC)C1([Si](CC)(CC)CC)C[C@@H](C)[C@@H]2CC[C@]3(C)C(O)CC[C@@H](C)[C@H]3C[C@H]1C2(C)C. The second kappa shape index (κ2) is 10.5. The molecule has 3 aliphatic carbocycles. The van der Waals surface area contributed by atoms with Gasteiger partial charge >= 0.3 is 0 Å². The highest BCUT2D eigenvalue weighted by Gasteiger charge is 2.70. The van der Waals surface area contributed by atoms with E-state index in [1.54, 1.807) is 6.42 Å². The van der Waals surface area contributed by atoms with Crippen LogP contribution in [0.5, 0.6) is 0 Å². The average Bonchev–Trinajstić information content (AvgIpc) is 2.83. The van der Waals surface area contributed by atoms with Crippen molar-refractivity contribution in [3.63, 3.8) is 0 Å². The van der Waals surface area contributed by atoms with Crippen molar-refractivity contribution in [2.24, 2.45) is 40.4 Å². The summed E-state index contributed by atoms with van der Waals surface area (Å²) in [7, 11) is -3.07. The van der Waals surface area contributed by atoms with E-state index in [1.165, 1.54) is 61.9 Å². The zero-order chi connectivity index (χ0) is 26.4. The van der Waals surface area contributed by atoms with Gasteiger partial charge in [0.2, 0.25) is 0 Å². The Hall–Kier alpha value is 0.394. The van der Waals surface area contributed by atoms with Gasteiger partial charge in [-0.3, -0.25) is 0 Å². The lowest BCUT2D eigenvalue weighted by atomic mass is 9.47. The van der Waals surface area contributed by atoms with Crippen LogP contribution in [0.25, 0.3) is 0 Å². The van der Waals surface area contributed by atoms with Crippen molar-refractivity contribution in [1.82, 2.24) is 0 Å². The van der Waals surface area contributed by atoms with Crippen LogP contribution in [0.15, 0.2) is 0 Å². The molecule has 3 fully saturated rings. The lowest BCUT2D eigenvalue weighted by molar-refractivity contribution is -0.126. The standard InChI is InChI=1S/C32H64OSi2/c1-12-34(13-2,14-3)32(35(15-4,16-5)17-6)23-25(8)26-20-21-31(11)27(22-28(32)30(26,9)10)24(7)18-19-29(31)33/h24-29,33H,12-23H2,1-11H3/t24-,25-,26+,27-,28+,29?,31+/m1/s1. The summed E-state index contributed by atoms with van der Waals surface area (Å²) in [5.41, 5.74) is 0.536. The fourth-order valence-corrected chi connectivity index (χ4v) is 30.6. The summed E-state index contributed by atoms with van der Waals surface area (Å²) in [6.07, 6.45) is 7.72. The van der Waals surface area contributed by atoms with Gasteiger partial charge in [-0.2, -0.15) is 0 Å². The molecule has 0 aromatic rings. The Labute approximate surface area is 223 Å². The van der Waals surface area contributed by atoms with E-state index in [0.717, 1.165) is 30.1 Å². The van der Waals surface area contributed by atoms with Crippen LogP contribution in [0.3, 0.4) is 0 Å². The topological polar surface area (TPSA) is 20.2 Å². The first-order valence-corrected chi connectivity index (χ1v) is 21.3. The molecule has 7 atom stereocenters. The largest absolute Gasteiger partial charge is 0.393 e. The lowest BCUT2D eigenvalue weighted by Crippen LogP contribution is -2.70. The van der Waals surface area contributed by atoms with Gasteiger partial charge in [-0.15, -0.1) is 0 Å². The Morgan fingerprint density at radius 3 is 1.63 bits per heavy atom. The van der Waals surface area contributed by atoms with Gasteiger partial charge < -0.3 is 5.11 Å². The first-order valence-electron chi connectivity index (χ1n) is 16.0. The van der Waals surface area contributed by atoms with Crippen LogP contribution in [0.2, 0.25) is 40.9 Å². The maximum absolute atomic E-state index is 11.5. The first-order chi connectivity index (χ1) is 16.4. The van der Waals surface area contributed by atoms with Crippen LogP contribution in [-0.2, 0) is 0 Å². The number of hydrogen-bond donors (Lipinski definition) is 1. The van der Waals surface area contributed by atoms with Crippen LogP contribution in [0, 0.1) is 40.4 Å². The summed E-state index contributed by atoms with van der Waals surface area (Å²) in [6.45, 7) is 29.0. The fourth-order valence-electron chi connectivity index (χ4n) is 12.1.